The van der Waals surface area contributed by atoms with Crippen LogP contribution in [0, 0.1) is 11.7 Å². The summed E-state index contributed by atoms with van der Waals surface area (Å²) >= 11 is 1.12. The maximum atomic E-state index is 13.1. The minimum absolute atomic E-state index is 0.0453. The van der Waals surface area contributed by atoms with Crippen molar-refractivity contribution in [3.63, 3.8) is 0 Å². The average molecular weight is 427 g/mol. The second-order valence-electron chi connectivity index (χ2n) is 7.32. The van der Waals surface area contributed by atoms with Gasteiger partial charge in [0.1, 0.15) is 11.5 Å². The molecule has 1 aromatic carbocycles. The third kappa shape index (κ3) is 4.55. The first-order valence-corrected chi connectivity index (χ1v) is 10.8. The molecule has 0 amide bonds. The Balaban J connectivity index is 1.39. The van der Waals surface area contributed by atoms with E-state index in [1.807, 2.05) is 12.1 Å². The number of carbonyl (C=O) groups excluding carboxylic acids is 1. The van der Waals surface area contributed by atoms with Crippen LogP contribution in [0.4, 0.5) is 4.39 Å². The molecule has 2 aromatic heterocycles. The Morgan fingerprint density at radius 2 is 2.00 bits per heavy atom. The van der Waals surface area contributed by atoms with Gasteiger partial charge in [0.05, 0.1) is 11.7 Å². The van der Waals surface area contributed by atoms with Gasteiger partial charge in [0, 0.05) is 42.5 Å². The number of Topliss-reactive ketones (excluding diaryl/α,β-unsaturated/α-hetero) is 1. The highest BCUT2D eigenvalue weighted by Gasteiger charge is 2.30. The molecule has 0 spiro atoms. The Kier molecular flexibility index (Phi) is 6.44. The van der Waals surface area contributed by atoms with E-state index in [-0.39, 0.29) is 23.7 Å². The number of hydrogen-bond donors (Lipinski definition) is 0. The van der Waals surface area contributed by atoms with Crippen LogP contribution in [0.5, 0.6) is 5.88 Å². The number of hydrogen-bond acceptors (Lipinski definition) is 7. The Labute approximate surface area is 179 Å². The van der Waals surface area contributed by atoms with Crippen LogP contribution in [0.1, 0.15) is 36.5 Å². The van der Waals surface area contributed by atoms with Crippen molar-refractivity contribution in [3.8, 4) is 17.1 Å². The number of halogens is 1. The fourth-order valence-corrected chi connectivity index (χ4v) is 4.29. The molecule has 6 nitrogen and oxygen atoms in total. The molecule has 1 aliphatic rings. The van der Waals surface area contributed by atoms with E-state index in [0.29, 0.717) is 17.1 Å². The standard InChI is InChI=1S/C22H23FN4O2S/c1-2-19(29-22-20(25-30-26-22)17-4-3-11-24-14-17)27-12-9-16(10-13-27)21(28)15-5-7-18(23)8-6-15/h3-8,11,14,16,19H,2,9-10,12-13H2,1H3. The van der Waals surface area contributed by atoms with Gasteiger partial charge in [0.2, 0.25) is 0 Å². The zero-order valence-electron chi connectivity index (χ0n) is 16.7. The molecule has 156 valence electrons. The average Bonchev–Trinajstić information content (AvgIpc) is 3.26. The Hall–Kier alpha value is -2.71. The Morgan fingerprint density at radius 3 is 2.67 bits per heavy atom. The van der Waals surface area contributed by atoms with Gasteiger partial charge in [-0.15, -0.1) is 4.37 Å². The van der Waals surface area contributed by atoms with E-state index in [9.17, 15) is 9.18 Å². The maximum absolute atomic E-state index is 13.1. The first kappa shape index (κ1) is 20.6. The van der Waals surface area contributed by atoms with Gasteiger partial charge >= 0.3 is 0 Å². The van der Waals surface area contributed by atoms with Crippen LogP contribution in [0.25, 0.3) is 11.3 Å². The fraction of sp³-hybridized carbons (Fsp3) is 0.364. The summed E-state index contributed by atoms with van der Waals surface area (Å²) in [4.78, 5) is 19.1. The number of carbonyl (C=O) groups is 1. The Bertz CT molecular complexity index is 972. The number of ether oxygens (including phenoxy) is 1. The lowest BCUT2D eigenvalue weighted by molar-refractivity contribution is -0.000842. The summed E-state index contributed by atoms with van der Waals surface area (Å²) in [7, 11) is 0. The van der Waals surface area contributed by atoms with Crippen LogP contribution < -0.4 is 4.74 Å². The van der Waals surface area contributed by atoms with Crippen molar-refractivity contribution in [2.75, 3.05) is 13.1 Å². The van der Waals surface area contributed by atoms with Crippen LogP contribution in [-0.4, -0.2) is 43.7 Å². The number of nitrogens with zero attached hydrogens (tertiary/aromatic N) is 4. The number of aromatic nitrogens is 3. The molecular weight excluding hydrogens is 403 g/mol. The second-order valence-corrected chi connectivity index (χ2v) is 7.85. The SMILES string of the molecule is CCC(Oc1nsnc1-c1cccnc1)N1CCC(C(=O)c2ccc(F)cc2)CC1. The lowest BCUT2D eigenvalue weighted by Gasteiger charge is -2.36. The van der Waals surface area contributed by atoms with Crippen molar-refractivity contribution in [2.45, 2.75) is 32.4 Å². The number of likely N-dealkylation sites (tertiary alicyclic amines) is 1. The summed E-state index contributed by atoms with van der Waals surface area (Å²) < 4.78 is 28.1. The highest BCUT2D eigenvalue weighted by Crippen LogP contribution is 2.30. The zero-order chi connectivity index (χ0) is 20.9. The number of ketones is 1. The van der Waals surface area contributed by atoms with Crippen molar-refractivity contribution < 1.29 is 13.9 Å². The number of benzene rings is 1. The lowest BCUT2D eigenvalue weighted by atomic mass is 9.88. The molecule has 1 saturated heterocycles. The quantitative estimate of drug-likeness (QED) is 0.520. The van der Waals surface area contributed by atoms with Gasteiger partial charge in [0.25, 0.3) is 5.88 Å². The molecule has 0 saturated carbocycles. The first-order chi connectivity index (χ1) is 14.7. The second kappa shape index (κ2) is 9.40. The van der Waals surface area contributed by atoms with Crippen LogP contribution in [0.15, 0.2) is 48.8 Å². The molecule has 1 aliphatic heterocycles. The highest BCUT2D eigenvalue weighted by molar-refractivity contribution is 6.99. The van der Waals surface area contributed by atoms with Gasteiger partial charge in [-0.3, -0.25) is 14.7 Å². The molecule has 0 aliphatic carbocycles. The molecule has 1 atom stereocenters. The lowest BCUT2D eigenvalue weighted by Crippen LogP contribution is -2.45. The maximum Gasteiger partial charge on any atom is 0.255 e. The van der Waals surface area contributed by atoms with Crippen LogP contribution in [-0.2, 0) is 0 Å². The summed E-state index contributed by atoms with van der Waals surface area (Å²) in [5.74, 6) is 0.234. The van der Waals surface area contributed by atoms with Gasteiger partial charge in [-0.1, -0.05) is 6.92 Å². The molecule has 4 rings (SSSR count). The number of rotatable bonds is 7. The van der Waals surface area contributed by atoms with E-state index >= 15 is 0 Å². The molecule has 1 fully saturated rings. The summed E-state index contributed by atoms with van der Waals surface area (Å²) in [5, 5.41) is 0. The van der Waals surface area contributed by atoms with Crippen LogP contribution in [0.2, 0.25) is 0 Å². The third-order valence-electron chi connectivity index (χ3n) is 5.43. The molecular formula is C22H23FN4O2S. The van der Waals surface area contributed by atoms with Gasteiger partial charge in [-0.2, -0.15) is 4.37 Å². The van der Waals surface area contributed by atoms with Gasteiger partial charge in [-0.05, 0) is 55.7 Å². The topological polar surface area (TPSA) is 68.2 Å². The van der Waals surface area contributed by atoms with E-state index in [2.05, 4.69) is 25.6 Å². The van der Waals surface area contributed by atoms with Crippen molar-refractivity contribution in [2.24, 2.45) is 5.92 Å². The van der Waals surface area contributed by atoms with E-state index in [4.69, 9.17) is 4.74 Å². The van der Waals surface area contributed by atoms with Crippen molar-refractivity contribution in [1.82, 2.24) is 18.6 Å². The fourth-order valence-electron chi connectivity index (χ4n) is 3.78. The zero-order valence-corrected chi connectivity index (χ0v) is 17.5. The van der Waals surface area contributed by atoms with E-state index in [0.717, 1.165) is 49.6 Å². The van der Waals surface area contributed by atoms with Crippen molar-refractivity contribution in [1.29, 1.82) is 0 Å². The van der Waals surface area contributed by atoms with E-state index in [1.165, 1.54) is 12.1 Å². The largest absolute Gasteiger partial charge is 0.456 e. The van der Waals surface area contributed by atoms with Gasteiger partial charge < -0.3 is 4.74 Å². The molecule has 3 heterocycles. The minimum Gasteiger partial charge on any atom is -0.456 e. The normalized spacial score (nSPS) is 16.3. The van der Waals surface area contributed by atoms with Gasteiger partial charge in [-0.25, -0.2) is 4.39 Å². The predicted molar refractivity (Wildman–Crippen MR) is 113 cm³/mol. The summed E-state index contributed by atoms with van der Waals surface area (Å²) in [6.07, 6.45) is 5.63. The minimum atomic E-state index is -0.327. The van der Waals surface area contributed by atoms with Crippen molar-refractivity contribution >= 4 is 17.5 Å². The molecule has 0 bridgehead atoms. The third-order valence-corrected chi connectivity index (χ3v) is 5.94. The number of pyridine rings is 1. The first-order valence-electron chi connectivity index (χ1n) is 10.1. The Morgan fingerprint density at radius 1 is 1.23 bits per heavy atom. The van der Waals surface area contributed by atoms with Crippen molar-refractivity contribution in [3.05, 3.63) is 60.2 Å². The molecule has 1 unspecified atom stereocenters. The van der Waals surface area contributed by atoms with E-state index < -0.39 is 0 Å². The monoisotopic (exact) mass is 426 g/mol. The summed E-state index contributed by atoms with van der Waals surface area (Å²) in [5.41, 5.74) is 2.15. The number of piperidine rings is 1. The summed E-state index contributed by atoms with van der Waals surface area (Å²) in [6, 6.07) is 9.60. The van der Waals surface area contributed by atoms with Gasteiger partial charge in [0.15, 0.2) is 12.0 Å². The summed E-state index contributed by atoms with van der Waals surface area (Å²) in [6.45, 7) is 3.59. The van der Waals surface area contributed by atoms with Crippen LogP contribution >= 0.6 is 11.7 Å². The molecule has 8 heteroatoms. The molecule has 30 heavy (non-hydrogen) atoms. The predicted octanol–water partition coefficient (Wildman–Crippen LogP) is 4.45. The highest BCUT2D eigenvalue weighted by atomic mass is 32.1. The molecule has 3 aromatic rings. The molecule has 0 radical (unpaired) electrons. The smallest absolute Gasteiger partial charge is 0.255 e. The van der Waals surface area contributed by atoms with E-state index in [1.54, 1.807) is 24.5 Å². The van der Waals surface area contributed by atoms with Crippen LogP contribution in [0.3, 0.4) is 0 Å². The molecule has 0 N–H and O–H groups in total.